The molecule has 3 aromatic rings. The molecule has 0 radical (unpaired) electrons. The van der Waals surface area contributed by atoms with E-state index in [-0.39, 0.29) is 17.4 Å². The molecule has 0 bridgehead atoms. The van der Waals surface area contributed by atoms with Gasteiger partial charge >= 0.3 is 0 Å². The van der Waals surface area contributed by atoms with Crippen LogP contribution in [0.2, 0.25) is 0 Å². The first-order valence-corrected chi connectivity index (χ1v) is 11.7. The van der Waals surface area contributed by atoms with Crippen LogP contribution in [0.5, 0.6) is 0 Å². The minimum atomic E-state index is -3.38. The second-order valence-corrected chi connectivity index (χ2v) is 9.13. The van der Waals surface area contributed by atoms with Gasteiger partial charge in [0.2, 0.25) is 0 Å². The predicted molar refractivity (Wildman–Crippen MR) is 116 cm³/mol. The fraction of sp³-hybridized carbons (Fsp3) is 0.273. The number of nitrogens with one attached hydrogen (secondary N) is 1. The number of nitrogens with zero attached hydrogens (tertiary/aromatic N) is 1. The molecule has 2 aromatic carbocycles. The molecule has 1 N–H and O–H groups in total. The molecule has 2 amide bonds. The molecular formula is C22H24N2O5S. The van der Waals surface area contributed by atoms with Crippen LogP contribution in [0.4, 0.5) is 5.69 Å². The maximum atomic E-state index is 12.8. The molecule has 0 aliphatic rings. The van der Waals surface area contributed by atoms with Crippen LogP contribution in [-0.2, 0) is 15.6 Å². The van der Waals surface area contributed by atoms with E-state index in [1.54, 1.807) is 53.4 Å². The number of carbonyl (C=O) groups is 2. The van der Waals surface area contributed by atoms with Crippen LogP contribution < -0.4 is 5.32 Å². The standard InChI is InChI=1S/C22H24N2O5S/c1-4-24(5-2)22(26)15-10-12-16(13-11-15)23-21(25)20-18(14-30(3,27)28)17-8-6-7-9-19(17)29-20/h6-13H,4-5,14H2,1-3H3,(H,23,25). The Morgan fingerprint density at radius 1 is 1.00 bits per heavy atom. The summed E-state index contributed by atoms with van der Waals surface area (Å²) in [5.41, 5.74) is 1.78. The number of carbonyl (C=O) groups excluding carboxylic acids is 2. The fourth-order valence-corrected chi connectivity index (χ4v) is 4.08. The first-order valence-electron chi connectivity index (χ1n) is 9.62. The fourth-order valence-electron chi connectivity index (χ4n) is 3.27. The van der Waals surface area contributed by atoms with Crippen molar-refractivity contribution in [1.82, 2.24) is 4.90 Å². The van der Waals surface area contributed by atoms with Crippen LogP contribution in [0.15, 0.2) is 52.9 Å². The number of furan rings is 1. The molecule has 1 heterocycles. The van der Waals surface area contributed by atoms with Gasteiger partial charge in [-0.2, -0.15) is 0 Å². The van der Waals surface area contributed by atoms with Gasteiger partial charge < -0.3 is 14.6 Å². The van der Waals surface area contributed by atoms with E-state index in [0.717, 1.165) is 6.26 Å². The Bertz CT molecular complexity index is 1180. The van der Waals surface area contributed by atoms with Crippen molar-refractivity contribution in [1.29, 1.82) is 0 Å². The lowest BCUT2D eigenvalue weighted by Gasteiger charge is -2.18. The van der Waals surface area contributed by atoms with Gasteiger partial charge in [0.05, 0.1) is 5.75 Å². The summed E-state index contributed by atoms with van der Waals surface area (Å²) >= 11 is 0. The van der Waals surface area contributed by atoms with Crippen LogP contribution in [0, 0.1) is 0 Å². The summed E-state index contributed by atoms with van der Waals surface area (Å²) in [6.45, 7) is 5.06. The van der Waals surface area contributed by atoms with E-state index in [4.69, 9.17) is 4.42 Å². The van der Waals surface area contributed by atoms with Gasteiger partial charge in [0.1, 0.15) is 5.58 Å². The van der Waals surface area contributed by atoms with E-state index in [0.29, 0.717) is 40.9 Å². The third-order valence-corrected chi connectivity index (χ3v) is 5.56. The van der Waals surface area contributed by atoms with Crippen molar-refractivity contribution in [2.24, 2.45) is 0 Å². The molecule has 0 fully saturated rings. The van der Waals surface area contributed by atoms with Gasteiger partial charge in [0.25, 0.3) is 11.8 Å². The minimum Gasteiger partial charge on any atom is -0.451 e. The summed E-state index contributed by atoms with van der Waals surface area (Å²) in [6.07, 6.45) is 1.11. The maximum Gasteiger partial charge on any atom is 0.291 e. The Balaban J connectivity index is 1.87. The lowest BCUT2D eigenvalue weighted by molar-refractivity contribution is 0.0773. The van der Waals surface area contributed by atoms with Gasteiger partial charge in [-0.05, 0) is 44.2 Å². The Labute approximate surface area is 175 Å². The molecule has 0 spiro atoms. The Morgan fingerprint density at radius 3 is 2.23 bits per heavy atom. The van der Waals surface area contributed by atoms with Gasteiger partial charge in [-0.25, -0.2) is 8.42 Å². The summed E-state index contributed by atoms with van der Waals surface area (Å²) in [6, 6.07) is 13.5. The van der Waals surface area contributed by atoms with Crippen molar-refractivity contribution < 1.29 is 22.4 Å². The SMILES string of the molecule is CCN(CC)C(=O)c1ccc(NC(=O)c2oc3ccccc3c2CS(C)(=O)=O)cc1. The number of fused-ring (bicyclic) bond motifs is 1. The first-order chi connectivity index (χ1) is 14.2. The normalized spacial score (nSPS) is 11.4. The number of sulfone groups is 1. The van der Waals surface area contributed by atoms with Crippen molar-refractivity contribution in [3.8, 4) is 0 Å². The highest BCUT2D eigenvalue weighted by Gasteiger charge is 2.23. The molecule has 0 unspecified atom stereocenters. The van der Waals surface area contributed by atoms with Crippen LogP contribution in [0.1, 0.15) is 40.3 Å². The molecule has 0 aliphatic carbocycles. The van der Waals surface area contributed by atoms with Crippen molar-refractivity contribution in [2.75, 3.05) is 24.7 Å². The number of amides is 2. The Kier molecular flexibility index (Phi) is 6.26. The first kappa shape index (κ1) is 21.6. The molecule has 8 heteroatoms. The smallest absolute Gasteiger partial charge is 0.291 e. The number of hydrogen-bond donors (Lipinski definition) is 1. The zero-order valence-electron chi connectivity index (χ0n) is 17.1. The van der Waals surface area contributed by atoms with E-state index in [1.165, 1.54) is 0 Å². The zero-order valence-corrected chi connectivity index (χ0v) is 18.0. The Morgan fingerprint density at radius 2 is 1.63 bits per heavy atom. The molecule has 7 nitrogen and oxygen atoms in total. The molecular weight excluding hydrogens is 404 g/mol. The molecule has 158 valence electrons. The maximum absolute atomic E-state index is 12.8. The summed E-state index contributed by atoms with van der Waals surface area (Å²) in [4.78, 5) is 26.9. The van der Waals surface area contributed by atoms with Crippen LogP contribution in [0.3, 0.4) is 0 Å². The summed E-state index contributed by atoms with van der Waals surface area (Å²) in [7, 11) is -3.38. The van der Waals surface area contributed by atoms with E-state index in [1.807, 2.05) is 13.8 Å². The summed E-state index contributed by atoms with van der Waals surface area (Å²) in [5, 5.41) is 3.31. The number of anilines is 1. The van der Waals surface area contributed by atoms with Gasteiger partial charge in [-0.3, -0.25) is 9.59 Å². The van der Waals surface area contributed by atoms with Crippen LogP contribution >= 0.6 is 0 Å². The van der Waals surface area contributed by atoms with Crippen molar-refractivity contribution in [2.45, 2.75) is 19.6 Å². The van der Waals surface area contributed by atoms with Crippen molar-refractivity contribution >= 4 is 38.3 Å². The zero-order chi connectivity index (χ0) is 21.9. The van der Waals surface area contributed by atoms with E-state index >= 15 is 0 Å². The van der Waals surface area contributed by atoms with Crippen molar-refractivity contribution in [3.63, 3.8) is 0 Å². The number of rotatable bonds is 7. The summed E-state index contributed by atoms with van der Waals surface area (Å²) < 4.78 is 29.4. The highest BCUT2D eigenvalue weighted by atomic mass is 32.2. The van der Waals surface area contributed by atoms with Gasteiger partial charge in [0, 0.05) is 41.5 Å². The molecule has 0 atom stereocenters. The second kappa shape index (κ2) is 8.71. The highest BCUT2D eigenvalue weighted by Crippen LogP contribution is 2.28. The van der Waals surface area contributed by atoms with Gasteiger partial charge in [-0.1, -0.05) is 18.2 Å². The predicted octanol–water partition coefficient (Wildman–Crippen LogP) is 3.71. The molecule has 1 aromatic heterocycles. The molecule has 0 aliphatic heterocycles. The second-order valence-electron chi connectivity index (χ2n) is 6.98. The number of benzene rings is 2. The molecule has 3 rings (SSSR count). The minimum absolute atomic E-state index is 0.0371. The number of hydrogen-bond acceptors (Lipinski definition) is 5. The van der Waals surface area contributed by atoms with Crippen LogP contribution in [0.25, 0.3) is 11.0 Å². The third-order valence-electron chi connectivity index (χ3n) is 4.75. The van der Waals surface area contributed by atoms with E-state index in [2.05, 4.69) is 5.32 Å². The van der Waals surface area contributed by atoms with Gasteiger partial charge in [-0.15, -0.1) is 0 Å². The quantitative estimate of drug-likeness (QED) is 0.619. The monoisotopic (exact) mass is 428 g/mol. The van der Waals surface area contributed by atoms with E-state index < -0.39 is 15.7 Å². The summed E-state index contributed by atoms with van der Waals surface area (Å²) in [5.74, 6) is -0.965. The Hall–Kier alpha value is -3.13. The molecule has 0 saturated heterocycles. The lowest BCUT2D eigenvalue weighted by atomic mass is 10.1. The van der Waals surface area contributed by atoms with Crippen molar-refractivity contribution in [3.05, 3.63) is 65.4 Å². The molecule has 30 heavy (non-hydrogen) atoms. The average Bonchev–Trinajstić information content (AvgIpc) is 3.06. The average molecular weight is 429 g/mol. The number of para-hydroxylation sites is 1. The van der Waals surface area contributed by atoms with Gasteiger partial charge in [0.15, 0.2) is 15.6 Å². The van der Waals surface area contributed by atoms with Crippen LogP contribution in [-0.4, -0.2) is 44.5 Å². The highest BCUT2D eigenvalue weighted by molar-refractivity contribution is 7.89. The largest absolute Gasteiger partial charge is 0.451 e. The topological polar surface area (TPSA) is 96.7 Å². The third kappa shape index (κ3) is 4.71. The molecule has 0 saturated carbocycles. The lowest BCUT2D eigenvalue weighted by Crippen LogP contribution is -2.30. The van der Waals surface area contributed by atoms with E-state index in [9.17, 15) is 18.0 Å².